The highest BCUT2D eigenvalue weighted by Gasteiger charge is 2.28. The van der Waals surface area contributed by atoms with Gasteiger partial charge in [0.1, 0.15) is 6.04 Å². The molecule has 2 rings (SSSR count). The Morgan fingerprint density at radius 1 is 1.00 bits per heavy atom. The van der Waals surface area contributed by atoms with Gasteiger partial charge in [-0.05, 0) is 17.7 Å². The van der Waals surface area contributed by atoms with Crippen molar-refractivity contribution in [2.24, 2.45) is 0 Å². The summed E-state index contributed by atoms with van der Waals surface area (Å²) in [5.41, 5.74) is 1.53. The minimum atomic E-state index is -0.653. The van der Waals surface area contributed by atoms with Gasteiger partial charge in [-0.3, -0.25) is 4.79 Å². The van der Waals surface area contributed by atoms with Gasteiger partial charge in [-0.1, -0.05) is 48.5 Å². The number of rotatable bonds is 5. The topological polar surface area (TPSA) is 46.6 Å². The Balaban J connectivity index is 2.21. The molecule has 0 fully saturated rings. The smallest absolute Gasteiger partial charge is 0.328 e. The molecule has 0 radical (unpaired) electrons. The highest BCUT2D eigenvalue weighted by molar-refractivity contribution is 5.96. The van der Waals surface area contributed by atoms with Crippen LogP contribution in [0.25, 0.3) is 0 Å². The molecule has 0 aliphatic rings. The minimum absolute atomic E-state index is 0.202. The van der Waals surface area contributed by atoms with E-state index in [-0.39, 0.29) is 5.91 Å². The molecular weight excluding hydrogens is 278 g/mol. The highest BCUT2D eigenvalue weighted by Crippen LogP contribution is 2.13. The molecule has 0 saturated heterocycles. The van der Waals surface area contributed by atoms with Crippen LogP contribution in [0.5, 0.6) is 0 Å². The van der Waals surface area contributed by atoms with Gasteiger partial charge in [0.25, 0.3) is 5.91 Å². The predicted octanol–water partition coefficient (Wildman–Crippen LogP) is 2.54. The average molecular weight is 297 g/mol. The third kappa shape index (κ3) is 3.73. The van der Waals surface area contributed by atoms with Crippen LogP contribution in [0.1, 0.15) is 15.9 Å². The van der Waals surface area contributed by atoms with Crippen molar-refractivity contribution in [1.82, 2.24) is 4.90 Å². The number of carbonyl (C=O) groups excluding carboxylic acids is 2. The molecule has 4 nitrogen and oxygen atoms in total. The Morgan fingerprint density at radius 2 is 1.55 bits per heavy atom. The van der Waals surface area contributed by atoms with E-state index >= 15 is 0 Å². The van der Waals surface area contributed by atoms with Crippen molar-refractivity contribution < 1.29 is 14.3 Å². The largest absolute Gasteiger partial charge is 0.467 e. The fraction of sp³-hybridized carbons (Fsp3) is 0.222. The number of nitrogens with zero attached hydrogens (tertiary/aromatic N) is 1. The third-order valence-electron chi connectivity index (χ3n) is 3.55. The van der Waals surface area contributed by atoms with Gasteiger partial charge in [0.15, 0.2) is 0 Å². The van der Waals surface area contributed by atoms with Crippen molar-refractivity contribution in [3.8, 4) is 0 Å². The zero-order valence-corrected chi connectivity index (χ0v) is 12.7. The van der Waals surface area contributed by atoms with Crippen LogP contribution in [0.4, 0.5) is 0 Å². The quantitative estimate of drug-likeness (QED) is 0.797. The number of methoxy groups -OCH3 is 1. The fourth-order valence-electron chi connectivity index (χ4n) is 2.28. The van der Waals surface area contributed by atoms with E-state index in [1.54, 1.807) is 31.3 Å². The van der Waals surface area contributed by atoms with Gasteiger partial charge in [-0.25, -0.2) is 4.79 Å². The van der Waals surface area contributed by atoms with Gasteiger partial charge in [-0.2, -0.15) is 0 Å². The van der Waals surface area contributed by atoms with Crippen molar-refractivity contribution in [2.45, 2.75) is 12.5 Å². The second-order valence-electron chi connectivity index (χ2n) is 5.01. The summed E-state index contributed by atoms with van der Waals surface area (Å²) in [6, 6.07) is 17.8. The third-order valence-corrected chi connectivity index (χ3v) is 3.55. The molecule has 1 atom stereocenters. The molecule has 0 heterocycles. The number of hydrogen-bond acceptors (Lipinski definition) is 3. The molecule has 2 aromatic carbocycles. The number of hydrogen-bond donors (Lipinski definition) is 0. The second-order valence-corrected chi connectivity index (χ2v) is 5.01. The van der Waals surface area contributed by atoms with Gasteiger partial charge in [0.2, 0.25) is 0 Å². The monoisotopic (exact) mass is 297 g/mol. The van der Waals surface area contributed by atoms with E-state index in [0.717, 1.165) is 5.56 Å². The van der Waals surface area contributed by atoms with Gasteiger partial charge < -0.3 is 9.64 Å². The van der Waals surface area contributed by atoms with Crippen LogP contribution in [-0.2, 0) is 16.0 Å². The first-order valence-electron chi connectivity index (χ1n) is 7.07. The van der Waals surface area contributed by atoms with E-state index in [1.165, 1.54) is 12.0 Å². The molecule has 0 bridgehead atoms. The molecule has 22 heavy (non-hydrogen) atoms. The molecule has 1 amide bonds. The molecule has 4 heteroatoms. The molecule has 0 aliphatic heterocycles. The number of esters is 1. The maximum Gasteiger partial charge on any atom is 0.328 e. The summed E-state index contributed by atoms with van der Waals surface area (Å²) in [5, 5.41) is 0. The number of amides is 1. The van der Waals surface area contributed by atoms with E-state index in [1.807, 2.05) is 36.4 Å². The standard InChI is InChI=1S/C18H19NO3/c1-19(17(20)15-11-7-4-8-12-15)16(18(21)22-2)13-14-9-5-3-6-10-14/h3-12,16H,13H2,1-2H3/t16-/m1/s1. The average Bonchev–Trinajstić information content (AvgIpc) is 2.59. The van der Waals surface area contributed by atoms with Crippen LogP contribution in [-0.4, -0.2) is 37.0 Å². The molecule has 0 unspecified atom stereocenters. The number of likely N-dealkylation sites (N-methyl/N-ethyl adjacent to an activating group) is 1. The normalized spacial score (nSPS) is 11.5. The van der Waals surface area contributed by atoms with Crippen LogP contribution < -0.4 is 0 Å². The van der Waals surface area contributed by atoms with Crippen molar-refractivity contribution in [3.63, 3.8) is 0 Å². The first kappa shape index (κ1) is 15.8. The lowest BCUT2D eigenvalue weighted by Crippen LogP contribution is -2.44. The summed E-state index contributed by atoms with van der Waals surface area (Å²) >= 11 is 0. The molecule has 0 saturated carbocycles. The van der Waals surface area contributed by atoms with E-state index in [2.05, 4.69) is 0 Å². The zero-order chi connectivity index (χ0) is 15.9. The number of ether oxygens (including phenoxy) is 1. The molecule has 0 N–H and O–H groups in total. The number of benzene rings is 2. The van der Waals surface area contributed by atoms with Gasteiger partial charge in [0, 0.05) is 19.0 Å². The summed E-state index contributed by atoms with van der Waals surface area (Å²) in [6.45, 7) is 0. The lowest BCUT2D eigenvalue weighted by Gasteiger charge is -2.26. The Labute approximate surface area is 130 Å². The fourth-order valence-corrected chi connectivity index (χ4v) is 2.28. The second kappa shape index (κ2) is 7.41. The van der Waals surface area contributed by atoms with Crippen molar-refractivity contribution >= 4 is 11.9 Å². The number of carbonyl (C=O) groups is 2. The Bertz CT molecular complexity index is 625. The molecule has 2 aromatic rings. The zero-order valence-electron chi connectivity index (χ0n) is 12.7. The highest BCUT2D eigenvalue weighted by atomic mass is 16.5. The summed E-state index contributed by atoms with van der Waals surface area (Å²) in [4.78, 5) is 26.0. The minimum Gasteiger partial charge on any atom is -0.467 e. The van der Waals surface area contributed by atoms with Gasteiger partial charge >= 0.3 is 5.97 Å². The van der Waals surface area contributed by atoms with Crippen LogP contribution in [0.3, 0.4) is 0 Å². The summed E-state index contributed by atoms with van der Waals surface area (Å²) in [5.74, 6) is -0.623. The molecule has 114 valence electrons. The molecule has 0 aliphatic carbocycles. The Hall–Kier alpha value is -2.62. The van der Waals surface area contributed by atoms with Crippen molar-refractivity contribution in [2.75, 3.05) is 14.2 Å². The molecule has 0 spiro atoms. The van der Waals surface area contributed by atoms with E-state index in [4.69, 9.17) is 4.74 Å². The van der Waals surface area contributed by atoms with Crippen LogP contribution in [0, 0.1) is 0 Å². The van der Waals surface area contributed by atoms with E-state index in [0.29, 0.717) is 12.0 Å². The first-order valence-corrected chi connectivity index (χ1v) is 7.07. The van der Waals surface area contributed by atoms with E-state index in [9.17, 15) is 9.59 Å². The van der Waals surface area contributed by atoms with E-state index < -0.39 is 12.0 Å². The molecular formula is C18H19NO3. The van der Waals surface area contributed by atoms with Crippen LogP contribution >= 0.6 is 0 Å². The summed E-state index contributed by atoms with van der Waals surface area (Å²) in [6.07, 6.45) is 0.419. The molecule has 0 aromatic heterocycles. The van der Waals surface area contributed by atoms with Crippen molar-refractivity contribution in [1.29, 1.82) is 0 Å². The lowest BCUT2D eigenvalue weighted by atomic mass is 10.0. The Morgan fingerprint density at radius 3 is 2.09 bits per heavy atom. The maximum atomic E-state index is 12.5. The van der Waals surface area contributed by atoms with Crippen molar-refractivity contribution in [3.05, 3.63) is 71.8 Å². The predicted molar refractivity (Wildman–Crippen MR) is 84.5 cm³/mol. The summed E-state index contributed by atoms with van der Waals surface area (Å²) in [7, 11) is 2.96. The SMILES string of the molecule is COC(=O)[C@@H](Cc1ccccc1)N(C)C(=O)c1ccccc1. The summed E-state index contributed by atoms with van der Waals surface area (Å²) < 4.78 is 4.86. The van der Waals surface area contributed by atoms with Gasteiger partial charge in [0.05, 0.1) is 7.11 Å². The van der Waals surface area contributed by atoms with Crippen LogP contribution in [0.15, 0.2) is 60.7 Å². The lowest BCUT2D eigenvalue weighted by molar-refractivity contribution is -0.145. The first-order chi connectivity index (χ1) is 10.6. The Kier molecular flexibility index (Phi) is 5.31. The van der Waals surface area contributed by atoms with Crippen LogP contribution in [0.2, 0.25) is 0 Å². The van der Waals surface area contributed by atoms with Gasteiger partial charge in [-0.15, -0.1) is 0 Å². The maximum absolute atomic E-state index is 12.5.